The smallest absolute Gasteiger partial charge is 0.123 e. The molecule has 3 heteroatoms. The van der Waals surface area contributed by atoms with Crippen LogP contribution in [0.15, 0.2) is 24.3 Å². The first-order chi connectivity index (χ1) is 10.1. The summed E-state index contributed by atoms with van der Waals surface area (Å²) in [5.41, 5.74) is 1.08. The maximum absolute atomic E-state index is 13.4. The van der Waals surface area contributed by atoms with E-state index in [1.165, 1.54) is 25.3 Å². The second kappa shape index (κ2) is 7.90. The van der Waals surface area contributed by atoms with Crippen LogP contribution >= 0.6 is 0 Å². The molecule has 2 rings (SSSR count). The summed E-state index contributed by atoms with van der Waals surface area (Å²) in [5, 5.41) is 3.69. The molecule has 1 aliphatic rings. The number of nitrogens with zero attached hydrogens (tertiary/aromatic N) is 1. The first-order valence-corrected chi connectivity index (χ1v) is 8.30. The molecule has 1 heterocycles. The van der Waals surface area contributed by atoms with Crippen LogP contribution in [0.5, 0.6) is 0 Å². The van der Waals surface area contributed by atoms with Crippen molar-refractivity contribution < 1.29 is 4.39 Å². The Balaban J connectivity index is 2.05. The summed E-state index contributed by atoms with van der Waals surface area (Å²) in [6.45, 7) is 9.77. The van der Waals surface area contributed by atoms with Crippen molar-refractivity contribution in [1.29, 1.82) is 0 Å². The number of halogens is 1. The number of rotatable bonds is 6. The molecule has 1 aromatic rings. The van der Waals surface area contributed by atoms with Crippen molar-refractivity contribution in [1.82, 2.24) is 10.2 Å². The lowest BCUT2D eigenvalue weighted by Gasteiger charge is -2.41. The van der Waals surface area contributed by atoms with Gasteiger partial charge in [-0.25, -0.2) is 4.39 Å². The number of nitrogens with one attached hydrogen (secondary N) is 1. The van der Waals surface area contributed by atoms with E-state index >= 15 is 0 Å². The Labute approximate surface area is 128 Å². The molecule has 1 saturated heterocycles. The zero-order valence-corrected chi connectivity index (χ0v) is 13.6. The van der Waals surface area contributed by atoms with Gasteiger partial charge in [-0.05, 0) is 36.5 Å². The molecule has 0 spiro atoms. The zero-order valence-electron chi connectivity index (χ0n) is 13.6. The summed E-state index contributed by atoms with van der Waals surface area (Å²) in [5.74, 6) is 0.558. The highest BCUT2D eigenvalue weighted by Crippen LogP contribution is 2.20. The van der Waals surface area contributed by atoms with Gasteiger partial charge >= 0.3 is 0 Å². The molecule has 0 aliphatic carbocycles. The van der Waals surface area contributed by atoms with Crippen molar-refractivity contribution in [2.75, 3.05) is 13.1 Å². The Morgan fingerprint density at radius 1 is 1.38 bits per heavy atom. The normalized spacial score (nSPS) is 23.7. The van der Waals surface area contributed by atoms with Gasteiger partial charge in [-0.15, -0.1) is 0 Å². The van der Waals surface area contributed by atoms with Crippen LogP contribution in [0.1, 0.15) is 45.6 Å². The molecule has 1 aliphatic heterocycles. The third-order valence-electron chi connectivity index (χ3n) is 4.27. The van der Waals surface area contributed by atoms with Crippen molar-refractivity contribution in [2.24, 2.45) is 5.92 Å². The lowest BCUT2D eigenvalue weighted by molar-refractivity contribution is 0.103. The Hall–Kier alpha value is -0.930. The van der Waals surface area contributed by atoms with Crippen LogP contribution in [0.3, 0.4) is 0 Å². The van der Waals surface area contributed by atoms with Crippen LogP contribution in [0, 0.1) is 11.7 Å². The van der Waals surface area contributed by atoms with E-state index < -0.39 is 0 Å². The minimum Gasteiger partial charge on any atom is -0.311 e. The minimum absolute atomic E-state index is 0.131. The van der Waals surface area contributed by atoms with Gasteiger partial charge in [0.15, 0.2) is 0 Å². The van der Waals surface area contributed by atoms with Crippen LogP contribution in [0.4, 0.5) is 4.39 Å². The molecule has 2 unspecified atom stereocenters. The highest BCUT2D eigenvalue weighted by Gasteiger charge is 2.27. The van der Waals surface area contributed by atoms with E-state index in [-0.39, 0.29) is 5.82 Å². The number of hydrogen-bond acceptors (Lipinski definition) is 2. The van der Waals surface area contributed by atoms with Crippen molar-refractivity contribution in [2.45, 2.75) is 58.7 Å². The third-order valence-corrected chi connectivity index (χ3v) is 4.27. The Kier molecular flexibility index (Phi) is 6.19. The minimum atomic E-state index is -0.131. The number of piperazine rings is 1. The second-order valence-electron chi connectivity index (χ2n) is 6.74. The average molecular weight is 292 g/mol. The van der Waals surface area contributed by atoms with Gasteiger partial charge in [0.1, 0.15) is 5.82 Å². The van der Waals surface area contributed by atoms with Crippen molar-refractivity contribution >= 4 is 0 Å². The quantitative estimate of drug-likeness (QED) is 0.857. The Morgan fingerprint density at radius 2 is 2.19 bits per heavy atom. The van der Waals surface area contributed by atoms with Gasteiger partial charge in [0.2, 0.25) is 0 Å². The van der Waals surface area contributed by atoms with Crippen LogP contribution < -0.4 is 5.32 Å². The fraction of sp³-hybridized carbons (Fsp3) is 0.667. The standard InChI is InChI=1S/C18H29FN2/c1-4-6-17-13-21(18(11-20-17)9-14(2)3)12-15-7-5-8-16(19)10-15/h5,7-8,10,14,17-18,20H,4,6,9,11-13H2,1-3H3. The summed E-state index contributed by atoms with van der Waals surface area (Å²) in [6.07, 6.45) is 3.62. The van der Waals surface area contributed by atoms with Crippen LogP contribution in [0.25, 0.3) is 0 Å². The monoisotopic (exact) mass is 292 g/mol. The molecule has 1 N–H and O–H groups in total. The molecule has 0 amide bonds. The molecule has 0 bridgehead atoms. The molecule has 0 saturated carbocycles. The summed E-state index contributed by atoms with van der Waals surface area (Å²) in [4.78, 5) is 2.55. The maximum atomic E-state index is 13.4. The largest absolute Gasteiger partial charge is 0.311 e. The molecular formula is C18H29FN2. The number of benzene rings is 1. The SMILES string of the molecule is CCCC1CN(Cc2cccc(F)c2)C(CC(C)C)CN1. The topological polar surface area (TPSA) is 15.3 Å². The van der Waals surface area contributed by atoms with Gasteiger partial charge in [-0.2, -0.15) is 0 Å². The second-order valence-corrected chi connectivity index (χ2v) is 6.74. The average Bonchev–Trinajstić information content (AvgIpc) is 2.41. The van der Waals surface area contributed by atoms with E-state index in [4.69, 9.17) is 0 Å². The Morgan fingerprint density at radius 3 is 2.86 bits per heavy atom. The molecule has 2 nitrogen and oxygen atoms in total. The molecule has 21 heavy (non-hydrogen) atoms. The van der Waals surface area contributed by atoms with Crippen LogP contribution in [0.2, 0.25) is 0 Å². The van der Waals surface area contributed by atoms with E-state index in [0.29, 0.717) is 18.0 Å². The van der Waals surface area contributed by atoms with Crippen molar-refractivity contribution in [3.05, 3.63) is 35.6 Å². The van der Waals surface area contributed by atoms with Crippen LogP contribution in [-0.4, -0.2) is 30.1 Å². The van der Waals surface area contributed by atoms with Crippen LogP contribution in [-0.2, 0) is 6.54 Å². The molecule has 1 fully saturated rings. The first kappa shape index (κ1) is 16.4. The zero-order chi connectivity index (χ0) is 15.2. The fourth-order valence-corrected chi connectivity index (χ4v) is 3.31. The highest BCUT2D eigenvalue weighted by atomic mass is 19.1. The molecule has 118 valence electrons. The van der Waals surface area contributed by atoms with Gasteiger partial charge < -0.3 is 5.32 Å². The molecule has 0 radical (unpaired) electrons. The highest BCUT2D eigenvalue weighted by molar-refractivity contribution is 5.16. The van der Waals surface area contributed by atoms with Gasteiger partial charge in [0.25, 0.3) is 0 Å². The molecule has 2 atom stereocenters. The van der Waals surface area contributed by atoms with Crippen molar-refractivity contribution in [3.63, 3.8) is 0 Å². The van der Waals surface area contributed by atoms with Gasteiger partial charge in [-0.1, -0.05) is 39.3 Å². The van der Waals surface area contributed by atoms with E-state index in [0.717, 1.165) is 25.2 Å². The third kappa shape index (κ3) is 5.08. The van der Waals surface area contributed by atoms with Crippen molar-refractivity contribution in [3.8, 4) is 0 Å². The van der Waals surface area contributed by atoms with E-state index in [2.05, 4.69) is 31.0 Å². The molecular weight excluding hydrogens is 263 g/mol. The summed E-state index contributed by atoms with van der Waals surface area (Å²) in [7, 11) is 0. The van der Waals surface area contributed by atoms with E-state index in [1.807, 2.05) is 12.1 Å². The predicted molar refractivity (Wildman–Crippen MR) is 86.8 cm³/mol. The Bertz CT molecular complexity index is 433. The first-order valence-electron chi connectivity index (χ1n) is 8.30. The maximum Gasteiger partial charge on any atom is 0.123 e. The molecule has 0 aromatic heterocycles. The van der Waals surface area contributed by atoms with Gasteiger partial charge in [0.05, 0.1) is 0 Å². The van der Waals surface area contributed by atoms with E-state index in [1.54, 1.807) is 6.07 Å². The lowest BCUT2D eigenvalue weighted by atomic mass is 9.97. The van der Waals surface area contributed by atoms with Gasteiger partial charge in [0, 0.05) is 31.7 Å². The van der Waals surface area contributed by atoms with E-state index in [9.17, 15) is 4.39 Å². The van der Waals surface area contributed by atoms with Gasteiger partial charge in [-0.3, -0.25) is 4.90 Å². The summed E-state index contributed by atoms with van der Waals surface area (Å²) >= 11 is 0. The predicted octanol–water partition coefficient (Wildman–Crippen LogP) is 3.81. The number of hydrogen-bond donors (Lipinski definition) is 1. The fourth-order valence-electron chi connectivity index (χ4n) is 3.31. The summed E-state index contributed by atoms with van der Waals surface area (Å²) < 4.78 is 13.4. The lowest BCUT2D eigenvalue weighted by Crippen LogP contribution is -2.56. The molecule has 1 aromatic carbocycles. The summed E-state index contributed by atoms with van der Waals surface area (Å²) in [6, 6.07) is 8.17.